The van der Waals surface area contributed by atoms with Gasteiger partial charge in [0.1, 0.15) is 0 Å². The van der Waals surface area contributed by atoms with Gasteiger partial charge in [-0.3, -0.25) is 19.0 Å². The zero-order chi connectivity index (χ0) is 38.4. The van der Waals surface area contributed by atoms with Crippen molar-refractivity contribution in [2.45, 2.75) is 114 Å². The van der Waals surface area contributed by atoms with Crippen LogP contribution in [0, 0.1) is 11.8 Å². The molecule has 4 atom stereocenters. The lowest BCUT2D eigenvalue weighted by Crippen LogP contribution is -2.51. The highest BCUT2D eigenvalue weighted by atomic mass is 33.1. The van der Waals surface area contributed by atoms with Crippen molar-refractivity contribution in [3.63, 3.8) is 0 Å². The second kappa shape index (κ2) is 18.3. The Hall–Kier alpha value is -3.58. The number of amides is 2. The fourth-order valence-electron chi connectivity index (χ4n) is 9.61. The van der Waals surface area contributed by atoms with Crippen LogP contribution < -0.4 is 11.5 Å². The lowest BCUT2D eigenvalue weighted by Gasteiger charge is -2.40. The van der Waals surface area contributed by atoms with E-state index in [4.69, 9.17) is 21.7 Å². The van der Waals surface area contributed by atoms with Crippen LogP contribution in [0.5, 0.6) is 0 Å². The quantitative estimate of drug-likeness (QED) is 0.104. The van der Waals surface area contributed by atoms with Crippen LogP contribution in [0.25, 0.3) is 22.5 Å². The summed E-state index contributed by atoms with van der Waals surface area (Å²) in [4.78, 5) is 32.3. The zero-order valence-electron chi connectivity index (χ0n) is 32.6. The molecule has 8 rings (SSSR count). The first kappa shape index (κ1) is 39.3. The van der Waals surface area contributed by atoms with E-state index in [0.29, 0.717) is 49.5 Å². The minimum Gasteiger partial charge on any atom is -0.331 e. The summed E-state index contributed by atoms with van der Waals surface area (Å²) >= 11 is 0. The Morgan fingerprint density at radius 3 is 1.38 bits per heavy atom. The van der Waals surface area contributed by atoms with Gasteiger partial charge in [-0.1, -0.05) is 146 Å². The van der Waals surface area contributed by atoms with Crippen LogP contribution in [0.15, 0.2) is 72.8 Å². The number of benzene rings is 2. The SMILES string of the molecule is N[C@@H](CSSC[C@H](N)C(=O)N1CCn2nc(-c3ccccc3)cc2C1CC1CCCCC1)C(=O)N1CCn2nc(-c3ccccc3)cc2C1CC1CCCCC1. The lowest BCUT2D eigenvalue weighted by atomic mass is 9.83. The number of carbonyl (C=O) groups is 2. The Morgan fingerprint density at radius 2 is 0.982 bits per heavy atom. The Bertz CT molecular complexity index is 1770. The molecule has 56 heavy (non-hydrogen) atoms. The van der Waals surface area contributed by atoms with E-state index >= 15 is 0 Å². The summed E-state index contributed by atoms with van der Waals surface area (Å²) in [6, 6.07) is 23.6. The van der Waals surface area contributed by atoms with Gasteiger partial charge >= 0.3 is 0 Å². The van der Waals surface area contributed by atoms with Crippen molar-refractivity contribution in [2.24, 2.45) is 23.3 Å². The summed E-state index contributed by atoms with van der Waals surface area (Å²) in [5.41, 5.74) is 19.7. The van der Waals surface area contributed by atoms with E-state index in [0.717, 1.165) is 46.7 Å². The summed E-state index contributed by atoms with van der Waals surface area (Å²) in [5.74, 6) is 2.11. The van der Waals surface area contributed by atoms with Crippen molar-refractivity contribution in [1.82, 2.24) is 29.4 Å². The van der Waals surface area contributed by atoms with Crippen molar-refractivity contribution in [2.75, 3.05) is 24.6 Å². The molecule has 4 aliphatic rings. The van der Waals surface area contributed by atoms with Crippen LogP contribution in [0.2, 0.25) is 0 Å². The van der Waals surface area contributed by atoms with Gasteiger partial charge in [0.05, 0.1) is 60.0 Å². The van der Waals surface area contributed by atoms with Crippen LogP contribution in [0.1, 0.15) is 101 Å². The first-order chi connectivity index (χ1) is 27.4. The maximum Gasteiger partial charge on any atom is 0.241 e. The Morgan fingerprint density at radius 1 is 0.589 bits per heavy atom. The Kier molecular flexibility index (Phi) is 12.9. The van der Waals surface area contributed by atoms with Crippen molar-refractivity contribution < 1.29 is 9.59 Å². The van der Waals surface area contributed by atoms with Gasteiger partial charge in [-0.25, -0.2) is 0 Å². The molecular weight excluding hydrogens is 737 g/mol. The summed E-state index contributed by atoms with van der Waals surface area (Å²) < 4.78 is 4.23. The molecule has 0 bridgehead atoms. The molecule has 0 spiro atoms. The van der Waals surface area contributed by atoms with Gasteiger partial charge in [0.15, 0.2) is 0 Å². The van der Waals surface area contributed by atoms with Crippen molar-refractivity contribution in [3.8, 4) is 22.5 Å². The van der Waals surface area contributed by atoms with Gasteiger partial charge in [0.25, 0.3) is 0 Å². The van der Waals surface area contributed by atoms with Gasteiger partial charge < -0.3 is 21.3 Å². The van der Waals surface area contributed by atoms with Crippen LogP contribution in [-0.4, -0.2) is 77.9 Å². The van der Waals surface area contributed by atoms with Crippen molar-refractivity contribution in [1.29, 1.82) is 0 Å². The Balaban J connectivity index is 0.891. The third-order valence-electron chi connectivity index (χ3n) is 12.6. The van der Waals surface area contributed by atoms with Gasteiger partial charge in [0.2, 0.25) is 11.8 Å². The van der Waals surface area contributed by atoms with E-state index in [1.54, 1.807) is 21.6 Å². The predicted molar refractivity (Wildman–Crippen MR) is 227 cm³/mol. The monoisotopic (exact) mass is 794 g/mol. The summed E-state index contributed by atoms with van der Waals surface area (Å²) in [6.45, 7) is 2.53. The van der Waals surface area contributed by atoms with Crippen LogP contribution in [-0.2, 0) is 22.7 Å². The summed E-state index contributed by atoms with van der Waals surface area (Å²) in [7, 11) is 3.10. The highest BCUT2D eigenvalue weighted by Crippen LogP contribution is 2.40. The average Bonchev–Trinajstić information content (AvgIpc) is 3.89. The van der Waals surface area contributed by atoms with Crippen molar-refractivity contribution in [3.05, 3.63) is 84.2 Å². The van der Waals surface area contributed by atoms with Crippen molar-refractivity contribution >= 4 is 33.4 Å². The molecule has 4 heterocycles. The van der Waals surface area contributed by atoms with Gasteiger partial charge in [0, 0.05) is 35.7 Å². The van der Waals surface area contributed by atoms with E-state index in [1.165, 1.54) is 64.2 Å². The fourth-order valence-corrected chi connectivity index (χ4v) is 11.8. The highest BCUT2D eigenvalue weighted by Gasteiger charge is 2.38. The predicted octanol–water partition coefficient (Wildman–Crippen LogP) is 7.86. The molecule has 2 aromatic heterocycles. The summed E-state index contributed by atoms with van der Waals surface area (Å²) in [6.07, 6.45) is 14.4. The molecule has 10 nitrogen and oxygen atoms in total. The number of aromatic nitrogens is 4. The molecule has 0 saturated heterocycles. The van der Waals surface area contributed by atoms with Gasteiger partial charge in [-0.15, -0.1) is 0 Å². The van der Waals surface area contributed by atoms with Crippen LogP contribution >= 0.6 is 21.6 Å². The number of rotatable bonds is 13. The lowest BCUT2D eigenvalue weighted by molar-refractivity contribution is -0.137. The van der Waals surface area contributed by atoms with E-state index < -0.39 is 12.1 Å². The maximum absolute atomic E-state index is 14.1. The third kappa shape index (κ3) is 8.93. The van der Waals surface area contributed by atoms with Gasteiger partial charge in [-0.2, -0.15) is 10.2 Å². The molecule has 2 amide bonds. The molecule has 0 radical (unpaired) electrons. The molecule has 2 aliphatic carbocycles. The standard InChI is InChI=1S/C44H58N8O2S2/c45-35(43(53)49-21-23-51-41(39(49)25-31-13-5-1-6-14-31)27-37(47-51)33-17-9-3-10-18-33)29-55-56-30-36(46)44(54)50-22-24-52-42(40(50)26-32-15-7-2-8-16-32)28-38(48-52)34-19-11-4-12-20-34/h3-4,9-12,17-20,27-28,31-32,35-36,39-40H,1-2,5-8,13-16,21-26,29-30,45-46H2/t35-,36-,39?,40?/m0/s1. The van der Waals surface area contributed by atoms with Crippen LogP contribution in [0.3, 0.4) is 0 Å². The van der Waals surface area contributed by atoms with E-state index in [2.05, 4.69) is 45.8 Å². The molecule has 2 saturated carbocycles. The molecular formula is C44H58N8O2S2. The molecule has 2 aromatic carbocycles. The first-order valence-electron chi connectivity index (χ1n) is 21.1. The molecule has 4 N–H and O–H groups in total. The second-order valence-electron chi connectivity index (χ2n) is 16.4. The smallest absolute Gasteiger partial charge is 0.241 e. The third-order valence-corrected chi connectivity index (χ3v) is 15.1. The number of hydrogen-bond acceptors (Lipinski definition) is 8. The minimum atomic E-state index is -0.641. The minimum absolute atomic E-state index is 0.00153. The highest BCUT2D eigenvalue weighted by molar-refractivity contribution is 8.76. The number of nitrogens with zero attached hydrogens (tertiary/aromatic N) is 6. The molecule has 12 heteroatoms. The number of nitrogens with two attached hydrogens (primary N) is 2. The topological polar surface area (TPSA) is 128 Å². The number of hydrogen-bond donors (Lipinski definition) is 2. The molecule has 2 fully saturated rings. The van der Waals surface area contributed by atoms with Crippen LogP contribution in [0.4, 0.5) is 0 Å². The number of carbonyl (C=O) groups excluding carboxylic acids is 2. The average molecular weight is 795 g/mol. The second-order valence-corrected chi connectivity index (χ2v) is 19.0. The van der Waals surface area contributed by atoms with E-state index in [-0.39, 0.29) is 23.9 Å². The molecule has 4 aromatic rings. The molecule has 2 aliphatic heterocycles. The number of fused-ring (bicyclic) bond motifs is 2. The summed E-state index contributed by atoms with van der Waals surface area (Å²) in [5, 5.41) is 9.96. The van der Waals surface area contributed by atoms with E-state index in [9.17, 15) is 9.59 Å². The Labute approximate surface area is 339 Å². The largest absolute Gasteiger partial charge is 0.331 e. The maximum atomic E-state index is 14.1. The zero-order valence-corrected chi connectivity index (χ0v) is 34.2. The first-order valence-corrected chi connectivity index (χ1v) is 23.5. The van der Waals surface area contributed by atoms with E-state index in [1.807, 2.05) is 46.2 Å². The fraction of sp³-hybridized carbons (Fsp3) is 0.545. The molecule has 298 valence electrons. The molecule has 2 unspecified atom stereocenters. The van der Waals surface area contributed by atoms with Gasteiger partial charge in [-0.05, 0) is 36.8 Å². The normalized spacial score (nSPS) is 21.7.